The average molecular weight is 215 g/mol. The molecule has 16 heavy (non-hydrogen) atoms. The fraction of sp³-hybridized carbons (Fsp3) is 0.600. The predicted molar refractivity (Wildman–Crippen MR) is 67.6 cm³/mol. The zero-order valence-corrected chi connectivity index (χ0v) is 9.91. The number of piperidine rings is 1. The summed E-state index contributed by atoms with van der Waals surface area (Å²) in [7, 11) is 0. The SMILES string of the molecule is c1ccc(C2CCCCN2)c(C2CCC2)c1. The third kappa shape index (κ3) is 1.89. The van der Waals surface area contributed by atoms with Crippen molar-refractivity contribution in [1.82, 2.24) is 5.32 Å². The molecule has 1 aromatic rings. The first-order chi connectivity index (χ1) is 7.95. The lowest BCUT2D eigenvalue weighted by molar-refractivity contribution is 0.387. The van der Waals surface area contributed by atoms with Crippen LogP contribution in [0.1, 0.15) is 61.6 Å². The molecule has 2 fully saturated rings. The number of hydrogen-bond donors (Lipinski definition) is 1. The summed E-state index contributed by atoms with van der Waals surface area (Å²) < 4.78 is 0. The number of hydrogen-bond acceptors (Lipinski definition) is 1. The number of rotatable bonds is 2. The molecule has 1 N–H and O–H groups in total. The Bertz CT molecular complexity index is 348. The second-order valence-corrected chi connectivity index (χ2v) is 5.26. The first-order valence-corrected chi connectivity index (χ1v) is 6.77. The summed E-state index contributed by atoms with van der Waals surface area (Å²) in [6, 6.07) is 9.74. The molecule has 0 radical (unpaired) electrons. The second kappa shape index (κ2) is 4.58. The van der Waals surface area contributed by atoms with Gasteiger partial charge in [-0.25, -0.2) is 0 Å². The Hall–Kier alpha value is -0.820. The maximum Gasteiger partial charge on any atom is 0.0323 e. The highest BCUT2D eigenvalue weighted by Gasteiger charge is 2.25. The molecule has 86 valence electrons. The average Bonchev–Trinajstić information content (AvgIpc) is 2.29. The van der Waals surface area contributed by atoms with E-state index in [4.69, 9.17) is 0 Å². The lowest BCUT2D eigenvalue weighted by Crippen LogP contribution is -2.28. The summed E-state index contributed by atoms with van der Waals surface area (Å²) in [6.45, 7) is 1.20. The van der Waals surface area contributed by atoms with Gasteiger partial charge >= 0.3 is 0 Å². The first kappa shape index (κ1) is 10.3. The van der Waals surface area contributed by atoms with Gasteiger partial charge in [0.25, 0.3) is 0 Å². The third-order valence-electron chi connectivity index (χ3n) is 4.23. The van der Waals surface area contributed by atoms with Crippen LogP contribution in [0.25, 0.3) is 0 Å². The molecule has 2 aliphatic rings. The van der Waals surface area contributed by atoms with Crippen molar-refractivity contribution in [2.45, 2.75) is 50.5 Å². The van der Waals surface area contributed by atoms with E-state index in [1.54, 1.807) is 11.1 Å². The summed E-state index contributed by atoms with van der Waals surface area (Å²) in [5.74, 6) is 0.861. The first-order valence-electron chi connectivity index (χ1n) is 6.77. The van der Waals surface area contributed by atoms with Crippen molar-refractivity contribution in [2.24, 2.45) is 0 Å². The molecule has 1 heteroatoms. The Morgan fingerprint density at radius 1 is 0.875 bits per heavy atom. The molecule has 0 aromatic heterocycles. The van der Waals surface area contributed by atoms with E-state index in [0.717, 1.165) is 5.92 Å². The third-order valence-corrected chi connectivity index (χ3v) is 4.23. The van der Waals surface area contributed by atoms with Gasteiger partial charge < -0.3 is 5.32 Å². The van der Waals surface area contributed by atoms with Gasteiger partial charge in [-0.1, -0.05) is 37.1 Å². The molecule has 3 rings (SSSR count). The Balaban J connectivity index is 1.86. The minimum absolute atomic E-state index is 0.630. The standard InChI is InChI=1S/C15H21N/c1-2-9-14(15-10-3-4-11-16-15)13(8-1)12-6-5-7-12/h1-2,8-9,12,15-16H,3-7,10-11H2. The number of nitrogens with one attached hydrogen (secondary N) is 1. The van der Waals surface area contributed by atoms with E-state index in [-0.39, 0.29) is 0 Å². The summed E-state index contributed by atoms with van der Waals surface area (Å²) >= 11 is 0. The van der Waals surface area contributed by atoms with Gasteiger partial charge in [-0.15, -0.1) is 0 Å². The Kier molecular flexibility index (Phi) is 2.96. The molecule has 1 aromatic carbocycles. The van der Waals surface area contributed by atoms with Crippen LogP contribution in [0, 0.1) is 0 Å². The van der Waals surface area contributed by atoms with Crippen LogP contribution in [0.4, 0.5) is 0 Å². The van der Waals surface area contributed by atoms with E-state index in [2.05, 4.69) is 29.6 Å². The van der Waals surface area contributed by atoms with Crippen molar-refractivity contribution in [3.8, 4) is 0 Å². The normalized spacial score (nSPS) is 26.4. The van der Waals surface area contributed by atoms with Crippen LogP contribution in [0.5, 0.6) is 0 Å². The Morgan fingerprint density at radius 2 is 1.69 bits per heavy atom. The minimum atomic E-state index is 0.630. The highest BCUT2D eigenvalue weighted by molar-refractivity contribution is 5.34. The fourth-order valence-electron chi connectivity index (χ4n) is 3.04. The molecule has 1 nitrogen and oxygen atoms in total. The van der Waals surface area contributed by atoms with Crippen molar-refractivity contribution >= 4 is 0 Å². The molecule has 1 heterocycles. The van der Waals surface area contributed by atoms with Crippen LogP contribution in [-0.2, 0) is 0 Å². The molecule has 1 saturated heterocycles. The van der Waals surface area contributed by atoms with E-state index in [1.165, 1.54) is 45.1 Å². The summed E-state index contributed by atoms with van der Waals surface area (Å²) in [5.41, 5.74) is 3.22. The topological polar surface area (TPSA) is 12.0 Å². The van der Waals surface area contributed by atoms with Crippen molar-refractivity contribution in [2.75, 3.05) is 6.54 Å². The molecule has 0 spiro atoms. The molecule has 1 aliphatic carbocycles. The van der Waals surface area contributed by atoms with Gasteiger partial charge in [0.1, 0.15) is 0 Å². The van der Waals surface area contributed by atoms with Gasteiger partial charge in [0.05, 0.1) is 0 Å². The summed E-state index contributed by atoms with van der Waals surface area (Å²) in [5, 5.41) is 3.68. The van der Waals surface area contributed by atoms with Gasteiger partial charge in [-0.3, -0.25) is 0 Å². The molecule has 1 atom stereocenters. The van der Waals surface area contributed by atoms with Gasteiger partial charge in [0, 0.05) is 6.04 Å². The Morgan fingerprint density at radius 3 is 2.31 bits per heavy atom. The molecular formula is C15H21N. The smallest absolute Gasteiger partial charge is 0.0323 e. The van der Waals surface area contributed by atoms with Gasteiger partial charge in [-0.05, 0) is 49.3 Å². The van der Waals surface area contributed by atoms with E-state index in [9.17, 15) is 0 Å². The lowest BCUT2D eigenvalue weighted by atomic mass is 9.76. The number of benzene rings is 1. The van der Waals surface area contributed by atoms with Crippen molar-refractivity contribution < 1.29 is 0 Å². The van der Waals surface area contributed by atoms with E-state index in [0.29, 0.717) is 6.04 Å². The lowest BCUT2D eigenvalue weighted by Gasteiger charge is -2.32. The maximum absolute atomic E-state index is 3.68. The summed E-state index contributed by atoms with van der Waals surface area (Å²) in [4.78, 5) is 0. The largest absolute Gasteiger partial charge is 0.310 e. The monoisotopic (exact) mass is 215 g/mol. The second-order valence-electron chi connectivity index (χ2n) is 5.26. The molecule has 0 bridgehead atoms. The van der Waals surface area contributed by atoms with Gasteiger partial charge in [0.2, 0.25) is 0 Å². The highest BCUT2D eigenvalue weighted by Crippen LogP contribution is 2.40. The zero-order valence-electron chi connectivity index (χ0n) is 9.91. The van der Waals surface area contributed by atoms with Crippen LogP contribution >= 0.6 is 0 Å². The van der Waals surface area contributed by atoms with Crippen LogP contribution in [0.15, 0.2) is 24.3 Å². The molecule has 1 saturated carbocycles. The predicted octanol–water partition coefficient (Wildman–Crippen LogP) is 3.77. The highest BCUT2D eigenvalue weighted by atomic mass is 14.9. The summed E-state index contributed by atoms with van der Waals surface area (Å²) in [6.07, 6.45) is 8.30. The van der Waals surface area contributed by atoms with E-state index < -0.39 is 0 Å². The molecule has 0 amide bonds. The minimum Gasteiger partial charge on any atom is -0.310 e. The van der Waals surface area contributed by atoms with Crippen LogP contribution < -0.4 is 5.32 Å². The molecule has 1 aliphatic heterocycles. The quantitative estimate of drug-likeness (QED) is 0.792. The Labute approximate surface area is 98.3 Å². The van der Waals surface area contributed by atoms with Crippen molar-refractivity contribution in [3.63, 3.8) is 0 Å². The fourth-order valence-corrected chi connectivity index (χ4v) is 3.04. The van der Waals surface area contributed by atoms with Gasteiger partial charge in [0.15, 0.2) is 0 Å². The van der Waals surface area contributed by atoms with Crippen LogP contribution in [0.3, 0.4) is 0 Å². The zero-order chi connectivity index (χ0) is 10.8. The van der Waals surface area contributed by atoms with Crippen LogP contribution in [-0.4, -0.2) is 6.54 Å². The van der Waals surface area contributed by atoms with Crippen LogP contribution in [0.2, 0.25) is 0 Å². The van der Waals surface area contributed by atoms with Crippen molar-refractivity contribution in [3.05, 3.63) is 35.4 Å². The van der Waals surface area contributed by atoms with E-state index in [1.807, 2.05) is 0 Å². The molecular weight excluding hydrogens is 194 g/mol. The van der Waals surface area contributed by atoms with Crippen molar-refractivity contribution in [1.29, 1.82) is 0 Å². The van der Waals surface area contributed by atoms with Gasteiger partial charge in [-0.2, -0.15) is 0 Å². The maximum atomic E-state index is 3.68. The van der Waals surface area contributed by atoms with E-state index >= 15 is 0 Å². The molecule has 1 unspecified atom stereocenters.